The molecule has 2 aromatic rings. The summed E-state index contributed by atoms with van der Waals surface area (Å²) in [5.74, 6) is -0.133. The van der Waals surface area contributed by atoms with Crippen molar-refractivity contribution in [1.82, 2.24) is 25.6 Å². The lowest BCUT2D eigenvalue weighted by atomic mass is 9.75. The zero-order valence-electron chi connectivity index (χ0n) is 21.3. The highest BCUT2D eigenvalue weighted by molar-refractivity contribution is 6.30. The van der Waals surface area contributed by atoms with Crippen molar-refractivity contribution < 1.29 is 14.4 Å². The van der Waals surface area contributed by atoms with Crippen molar-refractivity contribution in [2.75, 3.05) is 6.54 Å². The molecule has 3 aliphatic rings. The second-order valence-electron chi connectivity index (χ2n) is 10.7. The van der Waals surface area contributed by atoms with Gasteiger partial charge < -0.3 is 10.2 Å². The fourth-order valence-electron chi connectivity index (χ4n) is 5.64. The summed E-state index contributed by atoms with van der Waals surface area (Å²) in [6.45, 7) is 5.48. The number of nitrogens with zero attached hydrogens (tertiary/aromatic N) is 3. The van der Waals surface area contributed by atoms with Gasteiger partial charge in [-0.3, -0.25) is 19.5 Å². The Morgan fingerprint density at radius 2 is 1.73 bits per heavy atom. The molecule has 2 saturated heterocycles. The van der Waals surface area contributed by atoms with Gasteiger partial charge in [0.1, 0.15) is 0 Å². The molecule has 2 N–H and O–H groups in total. The first-order valence-electron chi connectivity index (χ1n) is 13.0. The third kappa shape index (κ3) is 5.31. The number of hydrogen-bond donors (Lipinski definition) is 2. The third-order valence-electron chi connectivity index (χ3n) is 7.56. The maximum absolute atomic E-state index is 13.8. The third-order valence-corrected chi connectivity index (χ3v) is 7.81. The van der Waals surface area contributed by atoms with E-state index in [2.05, 4.69) is 24.6 Å². The van der Waals surface area contributed by atoms with Crippen LogP contribution in [0, 0.1) is 17.8 Å². The largest absolute Gasteiger partial charge is 0.356 e. The lowest BCUT2D eigenvalue weighted by Crippen LogP contribution is -2.66. The number of fused-ring (bicyclic) bond motifs is 3. The maximum atomic E-state index is 13.8. The van der Waals surface area contributed by atoms with E-state index in [0.717, 1.165) is 11.1 Å². The Labute approximate surface area is 222 Å². The molecule has 0 radical (unpaired) electrons. The number of hydrogen-bond acceptors (Lipinski definition) is 4. The number of carbonyl (C=O) groups is 3. The molecule has 5 rings (SSSR count). The number of amides is 4. The molecule has 1 saturated carbocycles. The predicted molar refractivity (Wildman–Crippen MR) is 141 cm³/mol. The van der Waals surface area contributed by atoms with Gasteiger partial charge in [0.05, 0.1) is 12.5 Å². The molecule has 4 atom stereocenters. The van der Waals surface area contributed by atoms with E-state index in [4.69, 9.17) is 11.6 Å². The molecule has 2 aromatic carbocycles. The summed E-state index contributed by atoms with van der Waals surface area (Å²) in [4.78, 5) is 44.1. The molecule has 2 heterocycles. The van der Waals surface area contributed by atoms with Crippen LogP contribution in [0.1, 0.15) is 44.2 Å². The maximum Gasteiger partial charge on any atom is 0.337 e. The monoisotopic (exact) mass is 523 g/mol. The Bertz CT molecular complexity index is 1140. The molecule has 0 bridgehead atoms. The minimum Gasteiger partial charge on any atom is -0.356 e. The molecule has 2 aliphatic heterocycles. The van der Waals surface area contributed by atoms with Crippen molar-refractivity contribution in [3.8, 4) is 0 Å². The summed E-state index contributed by atoms with van der Waals surface area (Å²) in [6, 6.07) is 16.7. The molecule has 37 heavy (non-hydrogen) atoms. The van der Waals surface area contributed by atoms with Crippen LogP contribution in [0.25, 0.3) is 0 Å². The van der Waals surface area contributed by atoms with Crippen LogP contribution in [0.5, 0.6) is 0 Å². The first-order valence-corrected chi connectivity index (χ1v) is 13.4. The molecule has 8 nitrogen and oxygen atoms in total. The normalized spacial score (nSPS) is 25.4. The summed E-state index contributed by atoms with van der Waals surface area (Å²) < 4.78 is 0. The van der Waals surface area contributed by atoms with Crippen LogP contribution in [0.15, 0.2) is 54.6 Å². The summed E-state index contributed by atoms with van der Waals surface area (Å²) in [5.41, 5.74) is 5.23. The van der Waals surface area contributed by atoms with Crippen molar-refractivity contribution in [1.29, 1.82) is 0 Å². The number of carbonyl (C=O) groups excluding carboxylic acids is 3. The topological polar surface area (TPSA) is 85.0 Å². The Morgan fingerprint density at radius 3 is 2.43 bits per heavy atom. The molecule has 3 fully saturated rings. The molecule has 196 valence electrons. The minimum absolute atomic E-state index is 0.0143. The lowest BCUT2D eigenvalue weighted by molar-refractivity contribution is -0.159. The van der Waals surface area contributed by atoms with E-state index in [1.54, 1.807) is 26.9 Å². The van der Waals surface area contributed by atoms with Gasteiger partial charge in [0.25, 0.3) is 0 Å². The van der Waals surface area contributed by atoms with Crippen LogP contribution in [0.3, 0.4) is 0 Å². The predicted octanol–water partition coefficient (Wildman–Crippen LogP) is 3.97. The quantitative estimate of drug-likeness (QED) is 0.575. The van der Waals surface area contributed by atoms with E-state index in [1.165, 1.54) is 0 Å². The standard InChI is InChI=1S/C28H34ClN5O3/c1-18(2)15-30-25(35)21-10-13-23-24(14-21)34-27(32(26(23)36)16-19-6-4-3-5-7-19)31-33(28(34)37)17-20-8-11-22(29)12-9-20/h3-9,11-12,18,21,23-24,27,31H,10,13-17H2,1-2H3,(H,30,35). The SMILES string of the molecule is CC(C)CNC(=O)C1CCC2C(=O)N(Cc3ccccc3)C3NN(Cc4ccc(Cl)cc4)C(=O)N3C2C1. The summed E-state index contributed by atoms with van der Waals surface area (Å²) in [5, 5.41) is 5.25. The first-order chi connectivity index (χ1) is 17.8. The fourth-order valence-corrected chi connectivity index (χ4v) is 5.76. The number of urea groups is 1. The Morgan fingerprint density at radius 1 is 1.03 bits per heavy atom. The highest BCUT2D eigenvalue weighted by Crippen LogP contribution is 2.41. The highest BCUT2D eigenvalue weighted by Gasteiger charge is 2.56. The van der Waals surface area contributed by atoms with E-state index >= 15 is 0 Å². The molecule has 9 heteroatoms. The van der Waals surface area contributed by atoms with Gasteiger partial charge in [0, 0.05) is 30.1 Å². The Hall–Kier alpha value is -3.10. The van der Waals surface area contributed by atoms with Gasteiger partial charge in [-0.05, 0) is 48.4 Å². The van der Waals surface area contributed by atoms with E-state index in [-0.39, 0.29) is 35.7 Å². The Balaban J connectivity index is 1.41. The summed E-state index contributed by atoms with van der Waals surface area (Å²) >= 11 is 6.04. The second-order valence-corrected chi connectivity index (χ2v) is 11.1. The number of hydrazine groups is 1. The minimum atomic E-state index is -0.605. The fraction of sp³-hybridized carbons (Fsp3) is 0.464. The first kappa shape index (κ1) is 25.5. The number of halogens is 1. The van der Waals surface area contributed by atoms with E-state index < -0.39 is 6.29 Å². The number of nitrogens with one attached hydrogen (secondary N) is 2. The molecule has 0 spiro atoms. The zero-order valence-corrected chi connectivity index (χ0v) is 22.0. The molecular formula is C28H34ClN5O3. The molecular weight excluding hydrogens is 490 g/mol. The van der Waals surface area contributed by atoms with Gasteiger partial charge in [0.15, 0.2) is 6.29 Å². The van der Waals surface area contributed by atoms with Gasteiger partial charge in [0.2, 0.25) is 11.8 Å². The Kier molecular flexibility index (Phi) is 7.40. The van der Waals surface area contributed by atoms with Gasteiger partial charge in [-0.2, -0.15) is 5.43 Å². The van der Waals surface area contributed by atoms with Crippen LogP contribution in [0.4, 0.5) is 4.79 Å². The van der Waals surface area contributed by atoms with Crippen molar-refractivity contribution in [3.05, 3.63) is 70.7 Å². The average Bonchev–Trinajstić information content (AvgIpc) is 3.22. The van der Waals surface area contributed by atoms with E-state index in [9.17, 15) is 14.4 Å². The zero-order chi connectivity index (χ0) is 26.1. The van der Waals surface area contributed by atoms with Gasteiger partial charge in [-0.15, -0.1) is 0 Å². The van der Waals surface area contributed by atoms with Crippen LogP contribution in [0.2, 0.25) is 5.02 Å². The van der Waals surface area contributed by atoms with E-state index in [1.807, 2.05) is 42.5 Å². The molecule has 4 amide bonds. The molecule has 0 aromatic heterocycles. The lowest BCUT2D eigenvalue weighted by Gasteiger charge is -2.49. The van der Waals surface area contributed by atoms with Crippen molar-refractivity contribution in [3.63, 3.8) is 0 Å². The van der Waals surface area contributed by atoms with Crippen molar-refractivity contribution in [2.24, 2.45) is 17.8 Å². The summed E-state index contributed by atoms with van der Waals surface area (Å²) in [6.07, 6.45) is 1.11. The number of benzene rings is 2. The van der Waals surface area contributed by atoms with Gasteiger partial charge >= 0.3 is 6.03 Å². The van der Waals surface area contributed by atoms with Crippen LogP contribution < -0.4 is 10.7 Å². The smallest absolute Gasteiger partial charge is 0.337 e. The van der Waals surface area contributed by atoms with Gasteiger partial charge in [-0.1, -0.05) is 67.9 Å². The van der Waals surface area contributed by atoms with E-state index in [0.29, 0.717) is 49.8 Å². The van der Waals surface area contributed by atoms with Crippen molar-refractivity contribution in [2.45, 2.75) is 58.5 Å². The van der Waals surface area contributed by atoms with Crippen molar-refractivity contribution >= 4 is 29.4 Å². The molecule has 4 unspecified atom stereocenters. The second kappa shape index (κ2) is 10.7. The molecule has 1 aliphatic carbocycles. The number of rotatable bonds is 7. The van der Waals surface area contributed by atoms with Crippen LogP contribution >= 0.6 is 11.6 Å². The highest BCUT2D eigenvalue weighted by atomic mass is 35.5. The van der Waals surface area contributed by atoms with Crippen LogP contribution in [-0.4, -0.2) is 51.5 Å². The summed E-state index contributed by atoms with van der Waals surface area (Å²) in [7, 11) is 0. The van der Waals surface area contributed by atoms with Gasteiger partial charge in [-0.25, -0.2) is 4.79 Å². The average molecular weight is 524 g/mol. The van der Waals surface area contributed by atoms with Crippen LogP contribution in [-0.2, 0) is 22.7 Å².